The second-order valence-electron chi connectivity index (χ2n) is 3.47. The van der Waals surface area contributed by atoms with Gasteiger partial charge in [-0.3, -0.25) is 0 Å². The number of phenolic OH excluding ortho intramolecular Hbond substituents is 1. The van der Waals surface area contributed by atoms with Crippen LogP contribution in [0.15, 0.2) is 42.6 Å². The fraction of sp³-hybridized carbons (Fsp3) is 0.0769. The van der Waals surface area contributed by atoms with Gasteiger partial charge in [0.05, 0.1) is 7.11 Å². The molecule has 4 heteroatoms. The van der Waals surface area contributed by atoms with Gasteiger partial charge in [-0.25, -0.2) is 9.78 Å². The zero-order valence-electron chi connectivity index (χ0n) is 9.25. The molecule has 0 fully saturated rings. The number of carbonyl (C=O) groups excluding carboxylic acids is 1. The molecule has 2 rings (SSSR count). The van der Waals surface area contributed by atoms with Crippen molar-refractivity contribution in [1.82, 2.24) is 4.98 Å². The van der Waals surface area contributed by atoms with Crippen molar-refractivity contribution in [3.63, 3.8) is 0 Å². The van der Waals surface area contributed by atoms with E-state index in [4.69, 9.17) is 0 Å². The van der Waals surface area contributed by atoms with E-state index < -0.39 is 5.97 Å². The second kappa shape index (κ2) is 4.65. The van der Waals surface area contributed by atoms with Gasteiger partial charge in [0.25, 0.3) is 0 Å². The van der Waals surface area contributed by atoms with Crippen LogP contribution in [0.25, 0.3) is 11.1 Å². The summed E-state index contributed by atoms with van der Waals surface area (Å²) >= 11 is 0. The lowest BCUT2D eigenvalue weighted by Gasteiger charge is -2.03. The Morgan fingerprint density at radius 1 is 1.24 bits per heavy atom. The Hall–Kier alpha value is -2.36. The minimum atomic E-state index is -0.465. The molecule has 2 aromatic rings. The summed E-state index contributed by atoms with van der Waals surface area (Å²) in [6.45, 7) is 0. The standard InChI is InChI=1S/C13H11NO3/c1-17-13(16)12-6-5-10(8-14-12)9-3-2-4-11(15)7-9/h2-8,15H,1H3. The van der Waals surface area contributed by atoms with E-state index >= 15 is 0 Å². The number of benzene rings is 1. The van der Waals surface area contributed by atoms with Crippen molar-refractivity contribution >= 4 is 5.97 Å². The van der Waals surface area contributed by atoms with Crippen LogP contribution in [-0.2, 0) is 4.74 Å². The first-order valence-electron chi connectivity index (χ1n) is 5.04. The number of hydrogen-bond donors (Lipinski definition) is 1. The molecular formula is C13H11NO3. The van der Waals surface area contributed by atoms with E-state index in [2.05, 4.69) is 9.72 Å². The average Bonchev–Trinajstić information content (AvgIpc) is 2.38. The number of aromatic nitrogens is 1. The van der Waals surface area contributed by atoms with Crippen molar-refractivity contribution in [1.29, 1.82) is 0 Å². The monoisotopic (exact) mass is 229 g/mol. The van der Waals surface area contributed by atoms with Crippen LogP contribution in [0.1, 0.15) is 10.5 Å². The molecule has 0 bridgehead atoms. The SMILES string of the molecule is COC(=O)c1ccc(-c2cccc(O)c2)cn1. The maximum absolute atomic E-state index is 11.2. The van der Waals surface area contributed by atoms with Crippen LogP contribution in [0.3, 0.4) is 0 Å². The summed E-state index contributed by atoms with van der Waals surface area (Å²) in [6, 6.07) is 10.2. The molecular weight excluding hydrogens is 218 g/mol. The maximum atomic E-state index is 11.2. The summed E-state index contributed by atoms with van der Waals surface area (Å²) in [5, 5.41) is 9.36. The fourth-order valence-corrected chi connectivity index (χ4v) is 1.48. The van der Waals surface area contributed by atoms with Crippen LogP contribution in [0, 0.1) is 0 Å². The third-order valence-electron chi connectivity index (χ3n) is 2.34. The molecule has 17 heavy (non-hydrogen) atoms. The van der Waals surface area contributed by atoms with Crippen molar-refractivity contribution in [3.8, 4) is 16.9 Å². The third kappa shape index (κ3) is 2.42. The lowest BCUT2D eigenvalue weighted by molar-refractivity contribution is 0.0594. The molecule has 4 nitrogen and oxygen atoms in total. The van der Waals surface area contributed by atoms with E-state index in [-0.39, 0.29) is 11.4 Å². The largest absolute Gasteiger partial charge is 0.508 e. The highest BCUT2D eigenvalue weighted by molar-refractivity contribution is 5.87. The number of phenols is 1. The Balaban J connectivity index is 2.32. The minimum Gasteiger partial charge on any atom is -0.508 e. The zero-order valence-corrected chi connectivity index (χ0v) is 9.25. The van der Waals surface area contributed by atoms with Gasteiger partial charge >= 0.3 is 5.97 Å². The quantitative estimate of drug-likeness (QED) is 0.802. The normalized spacial score (nSPS) is 9.94. The topological polar surface area (TPSA) is 59.4 Å². The van der Waals surface area contributed by atoms with Crippen molar-refractivity contribution < 1.29 is 14.6 Å². The minimum absolute atomic E-state index is 0.194. The molecule has 0 aliphatic heterocycles. The highest BCUT2D eigenvalue weighted by Crippen LogP contribution is 2.22. The molecule has 0 aliphatic carbocycles. The predicted molar refractivity (Wildman–Crippen MR) is 62.7 cm³/mol. The van der Waals surface area contributed by atoms with Gasteiger partial charge in [0.2, 0.25) is 0 Å². The molecule has 1 aromatic heterocycles. The van der Waals surface area contributed by atoms with Gasteiger partial charge in [0.15, 0.2) is 0 Å². The average molecular weight is 229 g/mol. The van der Waals surface area contributed by atoms with Crippen LogP contribution in [0.2, 0.25) is 0 Å². The summed E-state index contributed by atoms with van der Waals surface area (Å²) in [4.78, 5) is 15.2. The number of rotatable bonds is 2. The number of pyridine rings is 1. The van der Waals surface area contributed by atoms with Crippen LogP contribution in [0.5, 0.6) is 5.75 Å². The van der Waals surface area contributed by atoms with Crippen molar-refractivity contribution in [2.45, 2.75) is 0 Å². The molecule has 0 unspecified atom stereocenters. The number of hydrogen-bond acceptors (Lipinski definition) is 4. The molecule has 0 radical (unpaired) electrons. The van der Waals surface area contributed by atoms with Gasteiger partial charge in [-0.15, -0.1) is 0 Å². The number of aromatic hydroxyl groups is 1. The van der Waals surface area contributed by atoms with Gasteiger partial charge in [0, 0.05) is 11.8 Å². The Bertz CT molecular complexity index is 535. The molecule has 1 N–H and O–H groups in total. The van der Waals surface area contributed by atoms with Crippen molar-refractivity contribution in [2.24, 2.45) is 0 Å². The number of carbonyl (C=O) groups is 1. The molecule has 0 atom stereocenters. The summed E-state index contributed by atoms with van der Waals surface area (Å²) in [5.74, 6) is -0.271. The number of ether oxygens (including phenoxy) is 1. The van der Waals surface area contributed by atoms with E-state index in [0.717, 1.165) is 11.1 Å². The Kier molecular flexibility index (Phi) is 3.05. The Labute approximate surface area is 98.5 Å². The summed E-state index contributed by atoms with van der Waals surface area (Å²) in [5.41, 5.74) is 1.93. The highest BCUT2D eigenvalue weighted by atomic mass is 16.5. The van der Waals surface area contributed by atoms with E-state index in [1.807, 2.05) is 6.07 Å². The predicted octanol–water partition coefficient (Wildman–Crippen LogP) is 2.24. The first-order chi connectivity index (χ1) is 8.20. The molecule has 1 heterocycles. The van der Waals surface area contributed by atoms with Crippen molar-refractivity contribution in [2.75, 3.05) is 7.11 Å². The molecule has 0 saturated carbocycles. The Morgan fingerprint density at radius 3 is 2.65 bits per heavy atom. The zero-order chi connectivity index (χ0) is 12.3. The fourth-order valence-electron chi connectivity index (χ4n) is 1.48. The summed E-state index contributed by atoms with van der Waals surface area (Å²) in [6.07, 6.45) is 1.57. The first-order valence-corrected chi connectivity index (χ1v) is 5.04. The van der Waals surface area contributed by atoms with Crippen LogP contribution in [-0.4, -0.2) is 23.2 Å². The van der Waals surface area contributed by atoms with Crippen molar-refractivity contribution in [3.05, 3.63) is 48.3 Å². The first kappa shape index (κ1) is 11.1. The van der Waals surface area contributed by atoms with E-state index in [1.54, 1.807) is 36.5 Å². The number of methoxy groups -OCH3 is 1. The highest BCUT2D eigenvalue weighted by Gasteiger charge is 2.07. The van der Waals surface area contributed by atoms with Crippen LogP contribution < -0.4 is 0 Å². The molecule has 0 spiro atoms. The van der Waals surface area contributed by atoms with Crippen LogP contribution in [0.4, 0.5) is 0 Å². The molecule has 0 saturated heterocycles. The summed E-state index contributed by atoms with van der Waals surface area (Å²) in [7, 11) is 1.31. The van der Waals surface area contributed by atoms with Gasteiger partial charge in [-0.05, 0) is 23.8 Å². The number of esters is 1. The Morgan fingerprint density at radius 2 is 2.06 bits per heavy atom. The van der Waals surface area contributed by atoms with E-state index in [0.29, 0.717) is 0 Å². The van der Waals surface area contributed by atoms with Crippen LogP contribution >= 0.6 is 0 Å². The second-order valence-corrected chi connectivity index (χ2v) is 3.47. The molecule has 0 aliphatic rings. The third-order valence-corrected chi connectivity index (χ3v) is 2.34. The lowest BCUT2D eigenvalue weighted by atomic mass is 10.1. The maximum Gasteiger partial charge on any atom is 0.356 e. The van der Waals surface area contributed by atoms with Gasteiger partial charge in [-0.1, -0.05) is 18.2 Å². The van der Waals surface area contributed by atoms with Gasteiger partial charge in [0.1, 0.15) is 11.4 Å². The van der Waals surface area contributed by atoms with Gasteiger partial charge in [-0.2, -0.15) is 0 Å². The summed E-state index contributed by atoms with van der Waals surface area (Å²) < 4.78 is 4.56. The molecule has 86 valence electrons. The van der Waals surface area contributed by atoms with E-state index in [9.17, 15) is 9.90 Å². The van der Waals surface area contributed by atoms with E-state index in [1.165, 1.54) is 7.11 Å². The smallest absolute Gasteiger partial charge is 0.356 e. The molecule has 1 aromatic carbocycles. The molecule has 0 amide bonds. The number of nitrogens with zero attached hydrogens (tertiary/aromatic N) is 1. The lowest BCUT2D eigenvalue weighted by Crippen LogP contribution is -2.03. The van der Waals surface area contributed by atoms with Gasteiger partial charge < -0.3 is 9.84 Å².